The van der Waals surface area contributed by atoms with E-state index in [9.17, 15) is 19.1 Å². The summed E-state index contributed by atoms with van der Waals surface area (Å²) >= 11 is 0. The molecule has 152 valence electrons. The zero-order valence-electron chi connectivity index (χ0n) is 16.6. The molecule has 1 saturated heterocycles. The summed E-state index contributed by atoms with van der Waals surface area (Å²) in [6.07, 6.45) is 1.48. The van der Waals surface area contributed by atoms with Crippen molar-refractivity contribution in [2.75, 3.05) is 0 Å². The number of benzene rings is 2. The number of hydrogen-bond acceptors (Lipinski definition) is 4. The van der Waals surface area contributed by atoms with E-state index in [0.29, 0.717) is 16.9 Å². The number of halogens is 1. The fourth-order valence-corrected chi connectivity index (χ4v) is 3.74. The number of carbonyl (C=O) groups is 2. The van der Waals surface area contributed by atoms with Gasteiger partial charge in [-0.05, 0) is 55.3 Å². The minimum absolute atomic E-state index is 0.0214. The van der Waals surface area contributed by atoms with E-state index in [-0.39, 0.29) is 17.9 Å². The molecule has 0 spiro atoms. The summed E-state index contributed by atoms with van der Waals surface area (Å²) in [6, 6.07) is 13.6. The summed E-state index contributed by atoms with van der Waals surface area (Å²) in [4.78, 5) is 27.2. The Morgan fingerprint density at radius 1 is 1.10 bits per heavy atom. The van der Waals surface area contributed by atoms with E-state index in [1.54, 1.807) is 18.2 Å². The van der Waals surface area contributed by atoms with E-state index in [4.69, 9.17) is 4.42 Å². The van der Waals surface area contributed by atoms with Gasteiger partial charge in [0.05, 0.1) is 24.4 Å². The topological polar surface area (TPSA) is 70.8 Å². The van der Waals surface area contributed by atoms with Gasteiger partial charge in [0.2, 0.25) is 0 Å². The van der Waals surface area contributed by atoms with E-state index >= 15 is 0 Å². The minimum Gasteiger partial charge on any atom is -0.507 e. The van der Waals surface area contributed by atoms with Crippen molar-refractivity contribution in [2.45, 2.75) is 26.4 Å². The van der Waals surface area contributed by atoms with Crippen LogP contribution in [0.25, 0.3) is 5.76 Å². The molecule has 1 aliphatic heterocycles. The van der Waals surface area contributed by atoms with Crippen molar-refractivity contribution in [3.63, 3.8) is 0 Å². The lowest BCUT2D eigenvalue weighted by atomic mass is 9.93. The maximum absolute atomic E-state index is 13.5. The molecule has 3 aromatic rings. The van der Waals surface area contributed by atoms with Crippen LogP contribution in [0.2, 0.25) is 0 Å². The lowest BCUT2D eigenvalue weighted by Crippen LogP contribution is -2.29. The van der Waals surface area contributed by atoms with Crippen LogP contribution >= 0.6 is 0 Å². The Balaban J connectivity index is 1.90. The molecular weight excluding hydrogens is 385 g/mol. The van der Waals surface area contributed by atoms with Crippen LogP contribution in [0.15, 0.2) is 70.9 Å². The van der Waals surface area contributed by atoms with Gasteiger partial charge in [0, 0.05) is 5.56 Å². The van der Waals surface area contributed by atoms with Crippen LogP contribution in [0.4, 0.5) is 4.39 Å². The van der Waals surface area contributed by atoms with E-state index in [1.807, 2.05) is 26.0 Å². The number of aliphatic hydroxyl groups is 1. The lowest BCUT2D eigenvalue weighted by molar-refractivity contribution is -0.140. The van der Waals surface area contributed by atoms with Crippen molar-refractivity contribution >= 4 is 17.4 Å². The van der Waals surface area contributed by atoms with Gasteiger partial charge in [0.25, 0.3) is 11.7 Å². The number of aliphatic hydroxyl groups excluding tert-OH is 1. The average Bonchev–Trinajstić information content (AvgIpc) is 3.32. The molecule has 1 fully saturated rings. The van der Waals surface area contributed by atoms with Gasteiger partial charge >= 0.3 is 0 Å². The molecule has 1 atom stereocenters. The molecule has 6 heteroatoms. The molecule has 4 rings (SSSR count). The second kappa shape index (κ2) is 7.63. The van der Waals surface area contributed by atoms with E-state index < -0.39 is 23.5 Å². The normalized spacial score (nSPS) is 18.2. The fourth-order valence-electron chi connectivity index (χ4n) is 3.74. The van der Waals surface area contributed by atoms with Crippen molar-refractivity contribution < 1.29 is 23.5 Å². The van der Waals surface area contributed by atoms with Crippen molar-refractivity contribution in [3.05, 3.63) is 100 Å². The van der Waals surface area contributed by atoms with E-state index in [1.165, 1.54) is 35.4 Å². The molecule has 1 N–H and O–H groups in total. The second-order valence-corrected chi connectivity index (χ2v) is 7.38. The summed E-state index contributed by atoms with van der Waals surface area (Å²) < 4.78 is 18.9. The Kier molecular flexibility index (Phi) is 4.99. The standard InChI is InChI=1S/C24H20FNO4/c1-14-5-6-15(2)19(12-14)22(27)20-21(16-7-9-17(25)10-8-16)26(24(29)23(20)28)13-18-4-3-11-30-18/h3-12,21,27H,13H2,1-2H3. The number of carbonyl (C=O) groups excluding carboxylic acids is 2. The third kappa shape index (κ3) is 3.41. The van der Waals surface area contributed by atoms with Crippen molar-refractivity contribution in [3.8, 4) is 0 Å². The summed E-state index contributed by atoms with van der Waals surface area (Å²) in [5, 5.41) is 11.1. The Morgan fingerprint density at radius 3 is 2.50 bits per heavy atom. The van der Waals surface area contributed by atoms with E-state index in [0.717, 1.165) is 11.1 Å². The van der Waals surface area contributed by atoms with Gasteiger partial charge in [-0.15, -0.1) is 0 Å². The predicted octanol–water partition coefficient (Wildman–Crippen LogP) is 4.66. The van der Waals surface area contributed by atoms with Crippen LogP contribution < -0.4 is 0 Å². The summed E-state index contributed by atoms with van der Waals surface area (Å²) in [6.45, 7) is 3.74. The summed E-state index contributed by atoms with van der Waals surface area (Å²) in [5.41, 5.74) is 2.66. The molecule has 1 unspecified atom stereocenters. The minimum atomic E-state index is -0.865. The van der Waals surface area contributed by atoms with Crippen LogP contribution in [0.1, 0.15) is 34.1 Å². The molecule has 1 aromatic heterocycles. The van der Waals surface area contributed by atoms with Gasteiger partial charge in [-0.2, -0.15) is 0 Å². The molecule has 0 radical (unpaired) electrons. The first kappa shape index (κ1) is 19.6. The first-order valence-electron chi connectivity index (χ1n) is 9.50. The average molecular weight is 405 g/mol. The highest BCUT2D eigenvalue weighted by atomic mass is 19.1. The third-order valence-electron chi connectivity index (χ3n) is 5.28. The van der Waals surface area contributed by atoms with Gasteiger partial charge < -0.3 is 14.4 Å². The molecular formula is C24H20FNO4. The number of aryl methyl sites for hydroxylation is 2. The number of furan rings is 1. The molecule has 2 heterocycles. The van der Waals surface area contributed by atoms with Gasteiger partial charge in [-0.1, -0.05) is 29.8 Å². The second-order valence-electron chi connectivity index (χ2n) is 7.38. The SMILES string of the molecule is Cc1ccc(C)c(C(O)=C2C(=O)C(=O)N(Cc3ccco3)C2c2ccc(F)cc2)c1. The van der Waals surface area contributed by atoms with Crippen LogP contribution in [0.5, 0.6) is 0 Å². The van der Waals surface area contributed by atoms with Gasteiger partial charge in [-0.3, -0.25) is 9.59 Å². The maximum atomic E-state index is 13.5. The molecule has 0 bridgehead atoms. The third-order valence-corrected chi connectivity index (χ3v) is 5.28. The quantitative estimate of drug-likeness (QED) is 0.389. The maximum Gasteiger partial charge on any atom is 0.296 e. The van der Waals surface area contributed by atoms with Gasteiger partial charge in [-0.25, -0.2) is 4.39 Å². The zero-order valence-corrected chi connectivity index (χ0v) is 16.6. The van der Waals surface area contributed by atoms with Crippen LogP contribution in [-0.4, -0.2) is 21.7 Å². The van der Waals surface area contributed by atoms with Crippen molar-refractivity contribution in [1.29, 1.82) is 0 Å². The van der Waals surface area contributed by atoms with Crippen LogP contribution in [0, 0.1) is 19.7 Å². The monoisotopic (exact) mass is 405 g/mol. The Hall–Kier alpha value is -3.67. The van der Waals surface area contributed by atoms with Crippen LogP contribution in [-0.2, 0) is 16.1 Å². The smallest absolute Gasteiger partial charge is 0.296 e. The number of ketones is 1. The Morgan fingerprint density at radius 2 is 1.83 bits per heavy atom. The molecule has 30 heavy (non-hydrogen) atoms. The van der Waals surface area contributed by atoms with Crippen LogP contribution in [0.3, 0.4) is 0 Å². The molecule has 5 nitrogen and oxygen atoms in total. The number of nitrogens with zero attached hydrogens (tertiary/aromatic N) is 1. The Bertz CT molecular complexity index is 1150. The number of Topliss-reactive ketones (excluding diaryl/α,β-unsaturated/α-hetero) is 1. The first-order valence-corrected chi connectivity index (χ1v) is 9.50. The summed E-state index contributed by atoms with van der Waals surface area (Å²) in [7, 11) is 0. The number of amides is 1. The molecule has 0 aliphatic carbocycles. The van der Waals surface area contributed by atoms with E-state index in [2.05, 4.69) is 0 Å². The largest absolute Gasteiger partial charge is 0.507 e. The number of hydrogen-bond donors (Lipinski definition) is 1. The zero-order chi connectivity index (χ0) is 21.4. The highest BCUT2D eigenvalue weighted by Crippen LogP contribution is 2.40. The highest BCUT2D eigenvalue weighted by molar-refractivity contribution is 6.46. The molecule has 1 aliphatic rings. The first-order chi connectivity index (χ1) is 14.4. The molecule has 1 amide bonds. The molecule has 0 saturated carbocycles. The number of rotatable bonds is 4. The van der Waals surface area contributed by atoms with Gasteiger partial charge in [0.1, 0.15) is 17.3 Å². The van der Waals surface area contributed by atoms with Gasteiger partial charge in [0.15, 0.2) is 0 Å². The van der Waals surface area contributed by atoms with Crippen molar-refractivity contribution in [1.82, 2.24) is 4.90 Å². The molecule has 2 aromatic carbocycles. The van der Waals surface area contributed by atoms with Crippen molar-refractivity contribution in [2.24, 2.45) is 0 Å². The lowest BCUT2D eigenvalue weighted by Gasteiger charge is -2.24. The number of likely N-dealkylation sites (tertiary alicyclic amines) is 1. The Labute approximate surface area is 173 Å². The predicted molar refractivity (Wildman–Crippen MR) is 109 cm³/mol. The highest BCUT2D eigenvalue weighted by Gasteiger charge is 2.46. The summed E-state index contributed by atoms with van der Waals surface area (Å²) in [5.74, 6) is -1.71. The fraction of sp³-hybridized carbons (Fsp3) is 0.167.